The van der Waals surface area contributed by atoms with Crippen molar-refractivity contribution in [2.24, 2.45) is 11.7 Å². The number of rotatable bonds is 7. The van der Waals surface area contributed by atoms with E-state index in [-0.39, 0.29) is 17.4 Å². The van der Waals surface area contributed by atoms with Crippen LogP contribution in [0.5, 0.6) is 5.75 Å². The summed E-state index contributed by atoms with van der Waals surface area (Å²) in [6.07, 6.45) is -3.41. The van der Waals surface area contributed by atoms with Gasteiger partial charge in [-0.2, -0.15) is 18.3 Å². The zero-order valence-corrected chi connectivity index (χ0v) is 17.3. The molecule has 0 radical (unpaired) electrons. The van der Waals surface area contributed by atoms with Crippen molar-refractivity contribution in [2.45, 2.75) is 52.3 Å². The number of carboxylic acid groups (broad SMARTS) is 1. The van der Waals surface area contributed by atoms with E-state index in [0.29, 0.717) is 66.7 Å². The van der Waals surface area contributed by atoms with Crippen LogP contribution in [-0.4, -0.2) is 39.5 Å². The zero-order valence-electron chi connectivity index (χ0n) is 17.3. The number of carbonyl (C=O) groups is 2. The van der Waals surface area contributed by atoms with Gasteiger partial charge in [-0.3, -0.25) is 4.68 Å². The van der Waals surface area contributed by atoms with E-state index in [1.54, 1.807) is 6.07 Å². The molecule has 3 rings (SSSR count). The van der Waals surface area contributed by atoms with E-state index in [9.17, 15) is 27.9 Å². The van der Waals surface area contributed by atoms with Crippen LogP contribution >= 0.6 is 0 Å². The number of aromatic carboxylic acids is 1. The predicted octanol–water partition coefficient (Wildman–Crippen LogP) is 3.36. The summed E-state index contributed by atoms with van der Waals surface area (Å²) in [5, 5.41) is 14.2. The summed E-state index contributed by atoms with van der Waals surface area (Å²) in [4.78, 5) is 23.3. The normalized spacial score (nSPS) is 13.1. The Bertz CT molecular complexity index is 1010. The average Bonchev–Trinajstić information content (AvgIpc) is 3.04. The molecule has 0 saturated carbocycles. The first kappa shape index (κ1) is 22.8. The van der Waals surface area contributed by atoms with Crippen LogP contribution in [0.4, 0.5) is 13.2 Å². The zero-order chi connectivity index (χ0) is 22.9. The van der Waals surface area contributed by atoms with E-state index in [4.69, 9.17) is 5.73 Å². The second-order valence-corrected chi connectivity index (χ2v) is 7.95. The predicted molar refractivity (Wildman–Crippen MR) is 106 cm³/mol. The number of alkyl halides is 3. The molecule has 1 aliphatic rings. The van der Waals surface area contributed by atoms with Gasteiger partial charge in [-0.25, -0.2) is 9.59 Å². The topological polar surface area (TPSA) is 107 Å². The third-order valence-electron chi connectivity index (χ3n) is 5.08. The Kier molecular flexibility index (Phi) is 6.40. The van der Waals surface area contributed by atoms with E-state index in [1.165, 1.54) is 10.7 Å². The molecule has 10 heteroatoms. The number of nitrogens with two attached hydrogens (primary N) is 1. The number of carbonyl (C=O) groups excluding carboxylic acids is 1. The first-order valence-electron chi connectivity index (χ1n) is 10.0. The van der Waals surface area contributed by atoms with Crippen molar-refractivity contribution in [1.82, 2.24) is 9.78 Å². The van der Waals surface area contributed by atoms with Crippen molar-refractivity contribution < 1.29 is 32.6 Å². The third-order valence-corrected chi connectivity index (χ3v) is 5.08. The summed E-state index contributed by atoms with van der Waals surface area (Å²) < 4.78 is 44.3. The van der Waals surface area contributed by atoms with Gasteiger partial charge in [0.05, 0.1) is 5.69 Å². The van der Waals surface area contributed by atoms with Crippen molar-refractivity contribution in [3.63, 3.8) is 0 Å². The molecule has 31 heavy (non-hydrogen) atoms. The molecule has 1 heterocycles. The highest BCUT2D eigenvalue weighted by Crippen LogP contribution is 2.39. The van der Waals surface area contributed by atoms with Gasteiger partial charge in [-0.05, 0) is 61.4 Å². The maximum Gasteiger partial charge on any atom is 0.491 e. The van der Waals surface area contributed by atoms with Gasteiger partial charge in [0.1, 0.15) is 11.4 Å². The molecule has 0 bridgehead atoms. The van der Waals surface area contributed by atoms with E-state index in [2.05, 4.69) is 9.84 Å². The van der Waals surface area contributed by atoms with Gasteiger partial charge in [0.25, 0.3) is 0 Å². The Morgan fingerprint density at radius 1 is 1.29 bits per heavy atom. The van der Waals surface area contributed by atoms with Crippen molar-refractivity contribution in [3.05, 3.63) is 34.5 Å². The molecule has 1 aromatic heterocycles. The number of aryl methyl sites for hydroxylation is 2. The van der Waals surface area contributed by atoms with Crippen LogP contribution in [0.2, 0.25) is 0 Å². The molecule has 0 amide bonds. The average molecular weight is 439 g/mol. The molecule has 1 aromatic carbocycles. The summed E-state index contributed by atoms with van der Waals surface area (Å²) in [5.74, 6) is -3.40. The number of fused-ring (bicyclic) bond motifs is 3. The van der Waals surface area contributed by atoms with E-state index < -0.39 is 18.1 Å². The SMILES string of the molecule is CC(C)Cc1cc2c(cc1OC(=O)C(F)(F)F)CCc1c-2nn(CCCN)c1C(=O)O. The molecule has 3 N–H and O–H groups in total. The number of aromatic nitrogens is 2. The number of nitrogens with zero attached hydrogens (tertiary/aromatic N) is 2. The van der Waals surface area contributed by atoms with E-state index >= 15 is 0 Å². The Hall–Kier alpha value is -2.88. The maximum atomic E-state index is 12.7. The molecule has 7 nitrogen and oxygen atoms in total. The first-order valence-corrected chi connectivity index (χ1v) is 10.0. The lowest BCUT2D eigenvalue weighted by molar-refractivity contribution is -0.189. The minimum Gasteiger partial charge on any atom is -0.477 e. The van der Waals surface area contributed by atoms with E-state index in [0.717, 1.165) is 0 Å². The number of carboxylic acids is 1. The third kappa shape index (κ3) is 4.73. The fourth-order valence-corrected chi connectivity index (χ4v) is 3.80. The number of halogens is 3. The molecule has 2 aromatic rings. The molecular formula is C21H24F3N3O4. The summed E-state index contributed by atoms with van der Waals surface area (Å²) in [7, 11) is 0. The Balaban J connectivity index is 2.11. The van der Waals surface area contributed by atoms with Crippen LogP contribution in [0, 0.1) is 5.92 Å². The second kappa shape index (κ2) is 8.70. The van der Waals surface area contributed by atoms with Crippen molar-refractivity contribution in [3.8, 4) is 17.0 Å². The van der Waals surface area contributed by atoms with Crippen LogP contribution in [0.3, 0.4) is 0 Å². The summed E-state index contributed by atoms with van der Waals surface area (Å²) in [6.45, 7) is 4.52. The highest BCUT2D eigenvalue weighted by Gasteiger charge is 2.42. The Morgan fingerprint density at radius 3 is 2.58 bits per heavy atom. The van der Waals surface area contributed by atoms with Crippen LogP contribution < -0.4 is 10.5 Å². The fraction of sp³-hybridized carbons (Fsp3) is 0.476. The second-order valence-electron chi connectivity index (χ2n) is 7.95. The standard InChI is InChI=1S/C21H24F3N3O4/c1-11(2)8-13-9-15-12(10-16(13)31-20(30)21(22,23)24)4-5-14-17(15)26-27(7-3-6-25)18(14)19(28)29/h9-11H,3-8,25H2,1-2H3,(H,28,29). The van der Waals surface area contributed by atoms with Gasteiger partial charge in [0, 0.05) is 17.7 Å². The lowest BCUT2D eigenvalue weighted by atomic mass is 9.86. The number of esters is 1. The van der Waals surface area contributed by atoms with Gasteiger partial charge in [-0.15, -0.1) is 0 Å². The largest absolute Gasteiger partial charge is 0.491 e. The molecule has 0 spiro atoms. The monoisotopic (exact) mass is 439 g/mol. The Morgan fingerprint density at radius 2 is 2.00 bits per heavy atom. The molecule has 0 saturated heterocycles. The van der Waals surface area contributed by atoms with Crippen LogP contribution in [0.25, 0.3) is 11.3 Å². The summed E-state index contributed by atoms with van der Waals surface area (Å²) in [5.41, 5.74) is 8.48. The highest BCUT2D eigenvalue weighted by molar-refractivity contribution is 5.91. The van der Waals surface area contributed by atoms with Gasteiger partial charge in [0.2, 0.25) is 0 Å². The number of ether oxygens (including phenoxy) is 1. The van der Waals surface area contributed by atoms with Gasteiger partial charge >= 0.3 is 18.1 Å². The number of hydrogen-bond acceptors (Lipinski definition) is 5. The molecule has 0 unspecified atom stereocenters. The smallest absolute Gasteiger partial charge is 0.477 e. The molecule has 1 aliphatic carbocycles. The fourth-order valence-electron chi connectivity index (χ4n) is 3.80. The highest BCUT2D eigenvalue weighted by atomic mass is 19.4. The van der Waals surface area contributed by atoms with Crippen LogP contribution in [0.15, 0.2) is 12.1 Å². The number of hydrogen-bond donors (Lipinski definition) is 2. The lowest BCUT2D eigenvalue weighted by Crippen LogP contribution is -2.28. The molecular weight excluding hydrogens is 415 g/mol. The summed E-state index contributed by atoms with van der Waals surface area (Å²) >= 11 is 0. The van der Waals surface area contributed by atoms with Crippen molar-refractivity contribution in [2.75, 3.05) is 6.54 Å². The van der Waals surface area contributed by atoms with Gasteiger partial charge in [0.15, 0.2) is 0 Å². The van der Waals surface area contributed by atoms with Gasteiger partial charge in [-0.1, -0.05) is 13.8 Å². The molecule has 168 valence electrons. The maximum absolute atomic E-state index is 12.7. The van der Waals surface area contributed by atoms with Gasteiger partial charge < -0.3 is 15.6 Å². The van der Waals surface area contributed by atoms with Crippen LogP contribution in [-0.2, 0) is 30.6 Å². The van der Waals surface area contributed by atoms with E-state index in [1.807, 2.05) is 13.8 Å². The van der Waals surface area contributed by atoms with Crippen LogP contribution in [0.1, 0.15) is 47.4 Å². The lowest BCUT2D eigenvalue weighted by Gasteiger charge is -2.20. The van der Waals surface area contributed by atoms with Crippen molar-refractivity contribution in [1.29, 1.82) is 0 Å². The quantitative estimate of drug-likeness (QED) is 0.506. The molecule has 0 atom stereocenters. The summed E-state index contributed by atoms with van der Waals surface area (Å²) in [6, 6.07) is 3.11. The number of benzene rings is 1. The minimum atomic E-state index is -5.10. The molecule has 0 fully saturated rings. The van der Waals surface area contributed by atoms with Crippen molar-refractivity contribution >= 4 is 11.9 Å². The molecule has 0 aliphatic heterocycles. The Labute approximate surface area is 177 Å². The first-order chi connectivity index (χ1) is 14.5. The minimum absolute atomic E-state index is 0.0844.